The maximum Gasteiger partial charge on any atom is 0.433 e. The fourth-order valence-electron chi connectivity index (χ4n) is 1.81. The van der Waals surface area contributed by atoms with E-state index in [1.807, 2.05) is 6.92 Å². The quantitative estimate of drug-likeness (QED) is 0.794. The molecule has 0 fully saturated rings. The van der Waals surface area contributed by atoms with Crippen LogP contribution >= 0.6 is 0 Å². The van der Waals surface area contributed by atoms with Crippen molar-refractivity contribution >= 4 is 11.8 Å². The van der Waals surface area contributed by atoms with E-state index in [0.717, 1.165) is 18.9 Å². The maximum absolute atomic E-state index is 12.8. The number of rotatable bonds is 7. The van der Waals surface area contributed by atoms with Gasteiger partial charge in [0.2, 0.25) is 5.95 Å². The van der Waals surface area contributed by atoms with Crippen LogP contribution in [-0.2, 0) is 6.18 Å². The maximum atomic E-state index is 12.8. The number of anilines is 2. The topological polar surface area (TPSA) is 49.8 Å². The van der Waals surface area contributed by atoms with Crippen LogP contribution in [0.4, 0.5) is 24.9 Å². The fourth-order valence-corrected chi connectivity index (χ4v) is 1.81. The van der Waals surface area contributed by atoms with E-state index in [1.54, 1.807) is 6.92 Å². The van der Waals surface area contributed by atoms with Gasteiger partial charge in [0.05, 0.1) is 0 Å². The zero-order valence-electron chi connectivity index (χ0n) is 12.9. The standard InChI is InChI=1S/C14H23F3N4/c1-5-18-13-20-11(14(15,16)17)8-12(21-13)19-10(4)7-6-9(2)3/h8-10H,5-7H2,1-4H3,(H2,18,19,20,21). The van der Waals surface area contributed by atoms with E-state index in [0.29, 0.717) is 12.5 Å². The molecular weight excluding hydrogens is 281 g/mol. The van der Waals surface area contributed by atoms with Crippen molar-refractivity contribution in [2.75, 3.05) is 17.2 Å². The van der Waals surface area contributed by atoms with Gasteiger partial charge in [-0.2, -0.15) is 18.2 Å². The molecule has 2 N–H and O–H groups in total. The Labute approximate surface area is 123 Å². The zero-order chi connectivity index (χ0) is 16.0. The molecule has 0 spiro atoms. The number of halogens is 3. The lowest BCUT2D eigenvalue weighted by atomic mass is 10.0. The number of nitrogens with one attached hydrogen (secondary N) is 2. The van der Waals surface area contributed by atoms with Crippen LogP contribution in [0.1, 0.15) is 46.2 Å². The Bertz CT molecular complexity index is 446. The van der Waals surface area contributed by atoms with Crippen molar-refractivity contribution in [2.24, 2.45) is 5.92 Å². The normalized spacial score (nSPS) is 13.3. The lowest BCUT2D eigenvalue weighted by molar-refractivity contribution is -0.141. The summed E-state index contributed by atoms with van der Waals surface area (Å²) in [6.45, 7) is 8.40. The van der Waals surface area contributed by atoms with Gasteiger partial charge in [0.25, 0.3) is 0 Å². The first kappa shape index (κ1) is 17.5. The highest BCUT2D eigenvalue weighted by atomic mass is 19.4. The molecule has 0 aliphatic rings. The summed E-state index contributed by atoms with van der Waals surface area (Å²) in [5.41, 5.74) is -0.938. The van der Waals surface area contributed by atoms with E-state index in [-0.39, 0.29) is 17.8 Å². The summed E-state index contributed by atoms with van der Waals surface area (Å²) in [6.07, 6.45) is -2.60. The highest BCUT2D eigenvalue weighted by Gasteiger charge is 2.33. The summed E-state index contributed by atoms with van der Waals surface area (Å²) < 4.78 is 38.5. The molecule has 120 valence electrons. The molecule has 0 aliphatic carbocycles. The van der Waals surface area contributed by atoms with Crippen LogP contribution in [0, 0.1) is 5.92 Å². The van der Waals surface area contributed by atoms with Gasteiger partial charge in [0, 0.05) is 18.7 Å². The Morgan fingerprint density at radius 3 is 2.33 bits per heavy atom. The third kappa shape index (κ3) is 6.18. The Morgan fingerprint density at radius 1 is 1.14 bits per heavy atom. The predicted molar refractivity (Wildman–Crippen MR) is 78.4 cm³/mol. The number of hydrogen-bond donors (Lipinski definition) is 2. The largest absolute Gasteiger partial charge is 0.433 e. The zero-order valence-corrected chi connectivity index (χ0v) is 12.9. The van der Waals surface area contributed by atoms with Gasteiger partial charge < -0.3 is 10.6 Å². The summed E-state index contributed by atoms with van der Waals surface area (Å²) in [5.74, 6) is 0.748. The fraction of sp³-hybridized carbons (Fsp3) is 0.714. The Hall–Kier alpha value is -1.53. The molecule has 0 amide bonds. The smallest absolute Gasteiger partial charge is 0.367 e. The number of nitrogens with zero attached hydrogens (tertiary/aromatic N) is 2. The van der Waals surface area contributed by atoms with Gasteiger partial charge >= 0.3 is 6.18 Å². The third-order valence-corrected chi connectivity index (χ3v) is 2.92. The van der Waals surface area contributed by atoms with Crippen molar-refractivity contribution in [2.45, 2.75) is 52.8 Å². The molecule has 0 saturated carbocycles. The molecule has 1 aromatic rings. The molecule has 0 bridgehead atoms. The minimum atomic E-state index is -4.48. The lowest BCUT2D eigenvalue weighted by Crippen LogP contribution is -2.19. The van der Waals surface area contributed by atoms with Gasteiger partial charge in [-0.3, -0.25) is 0 Å². The van der Waals surface area contributed by atoms with Crippen LogP contribution in [0.5, 0.6) is 0 Å². The van der Waals surface area contributed by atoms with Gasteiger partial charge in [0.15, 0.2) is 5.69 Å². The monoisotopic (exact) mass is 304 g/mol. The highest BCUT2D eigenvalue weighted by molar-refractivity contribution is 5.43. The summed E-state index contributed by atoms with van der Waals surface area (Å²) >= 11 is 0. The minimum Gasteiger partial charge on any atom is -0.367 e. The van der Waals surface area contributed by atoms with Crippen LogP contribution in [-0.4, -0.2) is 22.6 Å². The van der Waals surface area contributed by atoms with E-state index < -0.39 is 11.9 Å². The number of aromatic nitrogens is 2. The van der Waals surface area contributed by atoms with Crippen LogP contribution in [0.25, 0.3) is 0 Å². The van der Waals surface area contributed by atoms with E-state index >= 15 is 0 Å². The molecule has 1 aromatic heterocycles. The van der Waals surface area contributed by atoms with Gasteiger partial charge in [0.1, 0.15) is 5.82 Å². The first-order valence-corrected chi connectivity index (χ1v) is 7.19. The predicted octanol–water partition coefficient (Wildman–Crippen LogP) is 4.16. The van der Waals surface area contributed by atoms with E-state index in [2.05, 4.69) is 34.4 Å². The molecule has 0 radical (unpaired) electrons. The van der Waals surface area contributed by atoms with E-state index in [1.165, 1.54) is 0 Å². The number of alkyl halides is 3. The average molecular weight is 304 g/mol. The Balaban J connectivity index is 2.87. The summed E-state index contributed by atoms with van der Waals surface area (Å²) in [4.78, 5) is 7.56. The van der Waals surface area contributed by atoms with E-state index in [9.17, 15) is 13.2 Å². The van der Waals surface area contributed by atoms with Crippen LogP contribution in [0.15, 0.2) is 6.07 Å². The van der Waals surface area contributed by atoms with Crippen LogP contribution in [0.2, 0.25) is 0 Å². The Kier molecular flexibility index (Phi) is 6.23. The van der Waals surface area contributed by atoms with E-state index in [4.69, 9.17) is 0 Å². The molecular formula is C14H23F3N4. The molecule has 0 saturated heterocycles. The van der Waals surface area contributed by atoms with Gasteiger partial charge in [-0.05, 0) is 32.6 Å². The SMILES string of the molecule is CCNc1nc(NC(C)CCC(C)C)cc(C(F)(F)F)n1. The van der Waals surface area contributed by atoms with Gasteiger partial charge in [-0.15, -0.1) is 0 Å². The lowest BCUT2D eigenvalue weighted by Gasteiger charge is -2.17. The molecule has 0 aromatic carbocycles. The average Bonchev–Trinajstić information content (AvgIpc) is 2.35. The summed E-state index contributed by atoms with van der Waals surface area (Å²) in [7, 11) is 0. The molecule has 1 heterocycles. The van der Waals surface area contributed by atoms with Gasteiger partial charge in [-0.25, -0.2) is 4.98 Å². The van der Waals surface area contributed by atoms with Crippen molar-refractivity contribution < 1.29 is 13.2 Å². The van der Waals surface area contributed by atoms with Crippen molar-refractivity contribution in [3.63, 3.8) is 0 Å². The van der Waals surface area contributed by atoms with Crippen molar-refractivity contribution in [1.82, 2.24) is 9.97 Å². The molecule has 7 heteroatoms. The van der Waals surface area contributed by atoms with Crippen LogP contribution < -0.4 is 10.6 Å². The molecule has 21 heavy (non-hydrogen) atoms. The summed E-state index contributed by atoms with van der Waals surface area (Å²) in [6, 6.07) is 1.00. The van der Waals surface area contributed by atoms with Crippen molar-refractivity contribution in [3.05, 3.63) is 11.8 Å². The molecule has 1 atom stereocenters. The first-order chi connectivity index (χ1) is 9.72. The second kappa shape index (κ2) is 7.47. The highest BCUT2D eigenvalue weighted by Crippen LogP contribution is 2.29. The van der Waals surface area contributed by atoms with Gasteiger partial charge in [-0.1, -0.05) is 13.8 Å². The third-order valence-electron chi connectivity index (χ3n) is 2.92. The second-order valence-corrected chi connectivity index (χ2v) is 5.51. The summed E-state index contributed by atoms with van der Waals surface area (Å²) in [5, 5.41) is 5.74. The number of hydrogen-bond acceptors (Lipinski definition) is 4. The van der Waals surface area contributed by atoms with Crippen LogP contribution in [0.3, 0.4) is 0 Å². The minimum absolute atomic E-state index is 0.00844. The molecule has 1 unspecified atom stereocenters. The van der Waals surface area contributed by atoms with Crippen molar-refractivity contribution in [1.29, 1.82) is 0 Å². The second-order valence-electron chi connectivity index (χ2n) is 5.51. The molecule has 4 nitrogen and oxygen atoms in total. The first-order valence-electron chi connectivity index (χ1n) is 7.19. The van der Waals surface area contributed by atoms with Crippen molar-refractivity contribution in [3.8, 4) is 0 Å². The molecule has 1 rings (SSSR count). The molecule has 0 aliphatic heterocycles. The Morgan fingerprint density at radius 2 is 1.81 bits per heavy atom.